The summed E-state index contributed by atoms with van der Waals surface area (Å²) in [6.07, 6.45) is 1.13. The minimum atomic E-state index is -0.815. The molecule has 2 N–H and O–H groups in total. The average Bonchev–Trinajstić information content (AvgIpc) is 2.81. The van der Waals surface area contributed by atoms with Gasteiger partial charge in [-0.25, -0.2) is 0 Å². The normalized spacial score (nSPS) is 16.4. The number of nitrogens with one attached hydrogen (secondary N) is 2. The largest absolute Gasteiger partial charge is 0.345 e. The summed E-state index contributed by atoms with van der Waals surface area (Å²) in [5.41, 5.74) is 0.337. The standard InChI is InChI=1S/C19H29N3O5/c1-10(2)16(18(26)20-13(6)17(25)11(3)4)21-14(23)7-8-22-15(24)9-12(5)19(22)27/h9-11,13,16H,7-8H2,1-6H3,(H,20,26)(H,21,23)/t13-,16?/m0/s1. The maximum absolute atomic E-state index is 12.5. The van der Waals surface area contributed by atoms with Gasteiger partial charge in [-0.1, -0.05) is 27.7 Å². The van der Waals surface area contributed by atoms with Crippen LogP contribution in [-0.4, -0.2) is 52.9 Å². The first kappa shape index (κ1) is 22.5. The van der Waals surface area contributed by atoms with Crippen molar-refractivity contribution >= 4 is 29.4 Å². The van der Waals surface area contributed by atoms with Crippen molar-refractivity contribution in [3.8, 4) is 0 Å². The van der Waals surface area contributed by atoms with Gasteiger partial charge in [0.1, 0.15) is 6.04 Å². The molecule has 1 aliphatic heterocycles. The average molecular weight is 379 g/mol. The topological polar surface area (TPSA) is 113 Å². The molecule has 0 aromatic rings. The molecular formula is C19H29N3O5. The molecule has 0 spiro atoms. The number of carbonyl (C=O) groups excluding carboxylic acids is 5. The summed E-state index contributed by atoms with van der Waals surface area (Å²) in [5.74, 6) is -2.24. The number of nitrogens with zero attached hydrogens (tertiary/aromatic N) is 1. The van der Waals surface area contributed by atoms with E-state index in [0.29, 0.717) is 5.57 Å². The molecule has 4 amide bonds. The highest BCUT2D eigenvalue weighted by Gasteiger charge is 2.30. The Morgan fingerprint density at radius 2 is 1.63 bits per heavy atom. The van der Waals surface area contributed by atoms with Crippen LogP contribution in [0.25, 0.3) is 0 Å². The third-order valence-electron chi connectivity index (χ3n) is 4.37. The lowest BCUT2D eigenvalue weighted by Crippen LogP contribution is -2.53. The first-order valence-electron chi connectivity index (χ1n) is 9.13. The molecule has 27 heavy (non-hydrogen) atoms. The zero-order valence-corrected chi connectivity index (χ0v) is 16.8. The van der Waals surface area contributed by atoms with E-state index in [0.717, 1.165) is 4.90 Å². The maximum Gasteiger partial charge on any atom is 0.256 e. The Kier molecular flexibility index (Phi) is 7.87. The van der Waals surface area contributed by atoms with E-state index in [1.165, 1.54) is 6.08 Å². The third kappa shape index (κ3) is 6.01. The van der Waals surface area contributed by atoms with E-state index in [1.807, 2.05) is 0 Å². The third-order valence-corrected chi connectivity index (χ3v) is 4.37. The van der Waals surface area contributed by atoms with E-state index in [4.69, 9.17) is 0 Å². The van der Waals surface area contributed by atoms with E-state index in [-0.39, 0.29) is 30.6 Å². The highest BCUT2D eigenvalue weighted by atomic mass is 16.2. The number of rotatable bonds is 9. The highest BCUT2D eigenvalue weighted by Crippen LogP contribution is 2.12. The van der Waals surface area contributed by atoms with Gasteiger partial charge in [0.25, 0.3) is 11.8 Å². The second-order valence-corrected chi connectivity index (χ2v) is 7.45. The number of hydrogen-bond acceptors (Lipinski definition) is 5. The fourth-order valence-corrected chi connectivity index (χ4v) is 2.72. The molecule has 8 nitrogen and oxygen atoms in total. The van der Waals surface area contributed by atoms with E-state index in [1.54, 1.807) is 41.5 Å². The van der Waals surface area contributed by atoms with Crippen LogP contribution < -0.4 is 10.6 Å². The van der Waals surface area contributed by atoms with Gasteiger partial charge in [-0.15, -0.1) is 0 Å². The molecule has 1 aliphatic rings. The minimum absolute atomic E-state index is 0.0496. The molecular weight excluding hydrogens is 350 g/mol. The molecule has 0 saturated carbocycles. The van der Waals surface area contributed by atoms with Gasteiger partial charge in [0, 0.05) is 30.5 Å². The Hall–Kier alpha value is -2.51. The molecule has 0 aromatic heterocycles. The summed E-state index contributed by atoms with van der Waals surface area (Å²) in [6, 6.07) is -1.46. The van der Waals surface area contributed by atoms with Crippen LogP contribution in [-0.2, 0) is 24.0 Å². The number of hydrogen-bond donors (Lipinski definition) is 2. The molecule has 1 unspecified atom stereocenters. The minimum Gasteiger partial charge on any atom is -0.345 e. The lowest BCUT2D eigenvalue weighted by molar-refractivity contribution is -0.138. The second-order valence-electron chi connectivity index (χ2n) is 7.45. The lowest BCUT2D eigenvalue weighted by Gasteiger charge is -2.24. The van der Waals surface area contributed by atoms with Crippen molar-refractivity contribution in [3.05, 3.63) is 11.6 Å². The van der Waals surface area contributed by atoms with Gasteiger partial charge in [-0.3, -0.25) is 28.9 Å². The van der Waals surface area contributed by atoms with E-state index >= 15 is 0 Å². The molecule has 0 saturated heterocycles. The van der Waals surface area contributed by atoms with Crippen molar-refractivity contribution in [1.29, 1.82) is 0 Å². The predicted octanol–water partition coefficient (Wildman–Crippen LogP) is 0.562. The van der Waals surface area contributed by atoms with Gasteiger partial charge in [0.2, 0.25) is 11.8 Å². The zero-order chi connectivity index (χ0) is 20.9. The van der Waals surface area contributed by atoms with Crippen molar-refractivity contribution in [1.82, 2.24) is 15.5 Å². The van der Waals surface area contributed by atoms with Crippen LogP contribution in [0.4, 0.5) is 0 Å². The Bertz CT molecular complexity index is 666. The van der Waals surface area contributed by atoms with Crippen LogP contribution in [0, 0.1) is 11.8 Å². The monoisotopic (exact) mass is 379 g/mol. The molecule has 0 fully saturated rings. The van der Waals surface area contributed by atoms with Gasteiger partial charge in [0.15, 0.2) is 5.78 Å². The summed E-state index contributed by atoms with van der Waals surface area (Å²) in [4.78, 5) is 61.1. The smallest absolute Gasteiger partial charge is 0.256 e. The molecule has 0 aliphatic carbocycles. The fourth-order valence-electron chi connectivity index (χ4n) is 2.72. The second kappa shape index (κ2) is 9.43. The number of imide groups is 1. The molecule has 8 heteroatoms. The van der Waals surface area contributed by atoms with Crippen LogP contribution in [0.5, 0.6) is 0 Å². The Morgan fingerprint density at radius 1 is 1.04 bits per heavy atom. The van der Waals surface area contributed by atoms with E-state index in [9.17, 15) is 24.0 Å². The van der Waals surface area contributed by atoms with Gasteiger partial charge in [-0.2, -0.15) is 0 Å². The van der Waals surface area contributed by atoms with Gasteiger partial charge < -0.3 is 10.6 Å². The number of amides is 4. The van der Waals surface area contributed by atoms with Crippen molar-refractivity contribution in [2.45, 2.75) is 60.0 Å². The fraction of sp³-hybridized carbons (Fsp3) is 0.632. The van der Waals surface area contributed by atoms with Gasteiger partial charge in [0.05, 0.1) is 6.04 Å². The summed E-state index contributed by atoms with van der Waals surface area (Å²) in [7, 11) is 0. The summed E-state index contributed by atoms with van der Waals surface area (Å²) < 4.78 is 0. The van der Waals surface area contributed by atoms with Gasteiger partial charge >= 0.3 is 0 Å². The van der Waals surface area contributed by atoms with E-state index < -0.39 is 35.7 Å². The summed E-state index contributed by atoms with van der Waals surface area (Å²) >= 11 is 0. The van der Waals surface area contributed by atoms with Crippen LogP contribution in [0.15, 0.2) is 11.6 Å². The van der Waals surface area contributed by atoms with Crippen molar-refractivity contribution in [2.75, 3.05) is 6.54 Å². The maximum atomic E-state index is 12.5. The van der Waals surface area contributed by atoms with Crippen LogP contribution in [0.3, 0.4) is 0 Å². The van der Waals surface area contributed by atoms with Crippen molar-refractivity contribution < 1.29 is 24.0 Å². The van der Waals surface area contributed by atoms with Crippen LogP contribution >= 0.6 is 0 Å². The highest BCUT2D eigenvalue weighted by molar-refractivity contribution is 6.16. The van der Waals surface area contributed by atoms with Crippen LogP contribution in [0.2, 0.25) is 0 Å². The zero-order valence-electron chi connectivity index (χ0n) is 16.8. The first-order chi connectivity index (χ1) is 12.5. The summed E-state index contributed by atoms with van der Waals surface area (Å²) in [6.45, 7) is 10.2. The molecule has 1 rings (SSSR count). The Morgan fingerprint density at radius 3 is 2.07 bits per heavy atom. The van der Waals surface area contributed by atoms with E-state index in [2.05, 4.69) is 10.6 Å². The quantitative estimate of drug-likeness (QED) is 0.569. The molecule has 0 aromatic carbocycles. The number of Topliss-reactive ketones (excluding diaryl/α,β-unsaturated/α-hetero) is 1. The number of ketones is 1. The lowest BCUT2D eigenvalue weighted by atomic mass is 10.00. The van der Waals surface area contributed by atoms with Crippen molar-refractivity contribution in [3.63, 3.8) is 0 Å². The molecule has 0 bridgehead atoms. The Labute approximate surface area is 159 Å². The van der Waals surface area contributed by atoms with Gasteiger partial charge in [-0.05, 0) is 19.8 Å². The van der Waals surface area contributed by atoms with Crippen LogP contribution in [0.1, 0.15) is 48.0 Å². The van der Waals surface area contributed by atoms with Crippen molar-refractivity contribution in [2.24, 2.45) is 11.8 Å². The molecule has 150 valence electrons. The molecule has 0 radical (unpaired) electrons. The summed E-state index contributed by atoms with van der Waals surface area (Å²) in [5, 5.41) is 5.26. The SMILES string of the molecule is CC1=CC(=O)N(CCC(=O)NC(C(=O)N[C@@H](C)C(=O)C(C)C)C(C)C)C1=O. The molecule has 2 atom stereocenters. The molecule has 1 heterocycles. The Balaban J connectivity index is 2.62. The predicted molar refractivity (Wildman–Crippen MR) is 99.3 cm³/mol. The first-order valence-corrected chi connectivity index (χ1v) is 9.13. The number of carbonyl (C=O) groups is 5.